The van der Waals surface area contributed by atoms with Crippen LogP contribution in [0.4, 0.5) is 4.79 Å². The van der Waals surface area contributed by atoms with Crippen molar-refractivity contribution in [1.82, 2.24) is 20.2 Å². The molecule has 1 aliphatic rings. The van der Waals surface area contributed by atoms with E-state index in [0.29, 0.717) is 12.1 Å². The van der Waals surface area contributed by atoms with Gasteiger partial charge in [0.05, 0.1) is 12.1 Å². The fourth-order valence-electron chi connectivity index (χ4n) is 3.94. The van der Waals surface area contributed by atoms with Crippen molar-refractivity contribution < 1.29 is 23.9 Å². The Balaban J connectivity index is 1.56. The van der Waals surface area contributed by atoms with Crippen LogP contribution in [-0.4, -0.2) is 51.8 Å². The predicted octanol–water partition coefficient (Wildman–Crippen LogP) is 4.10. The zero-order chi connectivity index (χ0) is 26.5. The number of esters is 1. The number of hydrogen-bond donors (Lipinski definition) is 2. The van der Waals surface area contributed by atoms with Crippen molar-refractivity contribution in [2.45, 2.75) is 78.6 Å². The van der Waals surface area contributed by atoms with Crippen LogP contribution in [0, 0.1) is 5.92 Å². The van der Waals surface area contributed by atoms with Gasteiger partial charge >= 0.3 is 12.1 Å². The summed E-state index contributed by atoms with van der Waals surface area (Å²) in [5.41, 5.74) is 1.08. The summed E-state index contributed by atoms with van der Waals surface area (Å²) in [7, 11) is 0. The molecule has 9 nitrogen and oxygen atoms in total. The molecular formula is C27H38N4O5. The van der Waals surface area contributed by atoms with E-state index < -0.39 is 17.3 Å². The second-order valence-electron chi connectivity index (χ2n) is 11.2. The van der Waals surface area contributed by atoms with Gasteiger partial charge in [0.15, 0.2) is 0 Å². The minimum absolute atomic E-state index is 0.112. The molecule has 1 atom stereocenters. The van der Waals surface area contributed by atoms with Crippen molar-refractivity contribution in [3.05, 3.63) is 41.9 Å². The van der Waals surface area contributed by atoms with Crippen molar-refractivity contribution >= 4 is 18.0 Å². The number of nitrogens with zero attached hydrogens (tertiary/aromatic N) is 2. The van der Waals surface area contributed by atoms with Gasteiger partial charge in [0.25, 0.3) is 5.91 Å². The number of aromatic nitrogens is 2. The van der Waals surface area contributed by atoms with Gasteiger partial charge in [-0.15, -0.1) is 0 Å². The zero-order valence-corrected chi connectivity index (χ0v) is 22.1. The Morgan fingerprint density at radius 2 is 1.78 bits per heavy atom. The Morgan fingerprint density at radius 3 is 2.47 bits per heavy atom. The highest BCUT2D eigenvalue weighted by atomic mass is 16.6. The normalized spacial score (nSPS) is 15.6. The molecule has 0 radical (unpaired) electrons. The van der Waals surface area contributed by atoms with Gasteiger partial charge in [0.1, 0.15) is 17.0 Å². The minimum atomic E-state index is -0.548. The summed E-state index contributed by atoms with van der Waals surface area (Å²) in [4.78, 5) is 41.2. The Kier molecular flexibility index (Phi) is 8.43. The first-order chi connectivity index (χ1) is 16.8. The van der Waals surface area contributed by atoms with E-state index in [1.54, 1.807) is 12.1 Å². The number of hydrogen-bond acceptors (Lipinski definition) is 6. The average Bonchev–Trinajstić information content (AvgIpc) is 3.19. The first kappa shape index (κ1) is 27.2. The standard InChI is InChI=1S/C27H38N4O5/c1-26(2,3)35-23(32)10-12-28-24(33)20-9-7-8-19(15-20)21-17-31-13-11-18(14-22(31)30-21)16-29-25(34)36-27(4,5)6/h7-9,15,17-18H,10-14,16H2,1-6H3,(H,28,33)(H,29,34). The third-order valence-electron chi connectivity index (χ3n) is 5.50. The molecule has 196 valence electrons. The van der Waals surface area contributed by atoms with Crippen LogP contribution in [0.25, 0.3) is 11.3 Å². The van der Waals surface area contributed by atoms with Crippen LogP contribution >= 0.6 is 0 Å². The van der Waals surface area contributed by atoms with Crippen molar-refractivity contribution in [3.8, 4) is 11.3 Å². The Bertz CT molecular complexity index is 1090. The summed E-state index contributed by atoms with van der Waals surface area (Å²) in [6, 6.07) is 7.29. The summed E-state index contributed by atoms with van der Waals surface area (Å²) >= 11 is 0. The van der Waals surface area contributed by atoms with Gasteiger partial charge in [0, 0.05) is 43.4 Å². The van der Waals surface area contributed by atoms with E-state index in [1.165, 1.54) is 0 Å². The number of carbonyl (C=O) groups is 3. The molecule has 0 bridgehead atoms. The third kappa shape index (κ3) is 8.39. The molecule has 3 rings (SSSR count). The van der Waals surface area contributed by atoms with E-state index in [-0.39, 0.29) is 30.8 Å². The molecule has 0 saturated heterocycles. The quantitative estimate of drug-likeness (QED) is 0.556. The Morgan fingerprint density at radius 1 is 1.06 bits per heavy atom. The number of imidazole rings is 1. The van der Waals surface area contributed by atoms with Crippen LogP contribution in [0.1, 0.15) is 70.6 Å². The van der Waals surface area contributed by atoms with E-state index in [1.807, 2.05) is 59.9 Å². The zero-order valence-electron chi connectivity index (χ0n) is 22.1. The van der Waals surface area contributed by atoms with Gasteiger partial charge in [-0.3, -0.25) is 9.59 Å². The number of ether oxygens (including phenoxy) is 2. The summed E-state index contributed by atoms with van der Waals surface area (Å²) in [5.74, 6) is 0.638. The molecule has 0 spiro atoms. The lowest BCUT2D eigenvalue weighted by Gasteiger charge is -2.25. The van der Waals surface area contributed by atoms with E-state index >= 15 is 0 Å². The van der Waals surface area contributed by atoms with Crippen molar-refractivity contribution in [3.63, 3.8) is 0 Å². The molecule has 36 heavy (non-hydrogen) atoms. The number of nitrogens with one attached hydrogen (secondary N) is 2. The number of carbonyl (C=O) groups excluding carboxylic acids is 3. The van der Waals surface area contributed by atoms with Crippen LogP contribution in [-0.2, 0) is 27.2 Å². The van der Waals surface area contributed by atoms with Crippen LogP contribution in [0.15, 0.2) is 30.5 Å². The molecule has 1 aromatic carbocycles. The molecule has 0 saturated carbocycles. The largest absolute Gasteiger partial charge is 0.460 e. The molecular weight excluding hydrogens is 460 g/mol. The number of aryl methyl sites for hydroxylation is 1. The van der Waals surface area contributed by atoms with E-state index in [2.05, 4.69) is 15.2 Å². The molecule has 2 N–H and O–H groups in total. The summed E-state index contributed by atoms with van der Waals surface area (Å²) in [5, 5.41) is 5.64. The van der Waals surface area contributed by atoms with Gasteiger partial charge < -0.3 is 24.7 Å². The van der Waals surface area contributed by atoms with E-state index in [9.17, 15) is 14.4 Å². The van der Waals surface area contributed by atoms with Crippen molar-refractivity contribution in [2.24, 2.45) is 5.92 Å². The molecule has 2 aromatic rings. The van der Waals surface area contributed by atoms with Crippen molar-refractivity contribution in [2.75, 3.05) is 13.1 Å². The van der Waals surface area contributed by atoms with Gasteiger partial charge in [0.2, 0.25) is 0 Å². The first-order valence-electron chi connectivity index (χ1n) is 12.4. The maximum Gasteiger partial charge on any atom is 0.407 e. The highest BCUT2D eigenvalue weighted by molar-refractivity contribution is 5.95. The Labute approximate surface area is 213 Å². The van der Waals surface area contributed by atoms with E-state index in [0.717, 1.165) is 36.5 Å². The first-order valence-corrected chi connectivity index (χ1v) is 12.4. The number of benzene rings is 1. The Hall–Kier alpha value is -3.36. The smallest absolute Gasteiger partial charge is 0.407 e. The molecule has 0 fully saturated rings. The molecule has 2 heterocycles. The molecule has 1 aliphatic heterocycles. The summed E-state index contributed by atoms with van der Waals surface area (Å²) < 4.78 is 12.7. The number of amides is 2. The average molecular weight is 499 g/mol. The highest BCUT2D eigenvalue weighted by Crippen LogP contribution is 2.26. The maximum absolute atomic E-state index is 12.6. The second-order valence-corrected chi connectivity index (χ2v) is 11.2. The predicted molar refractivity (Wildman–Crippen MR) is 137 cm³/mol. The molecule has 0 aliphatic carbocycles. The summed E-state index contributed by atoms with van der Waals surface area (Å²) in [6.07, 6.45) is 3.39. The number of alkyl carbamates (subject to hydrolysis) is 1. The topological polar surface area (TPSA) is 112 Å². The van der Waals surface area contributed by atoms with Gasteiger partial charge in [-0.1, -0.05) is 12.1 Å². The molecule has 1 unspecified atom stereocenters. The third-order valence-corrected chi connectivity index (χ3v) is 5.50. The highest BCUT2D eigenvalue weighted by Gasteiger charge is 2.23. The minimum Gasteiger partial charge on any atom is -0.460 e. The van der Waals surface area contributed by atoms with Crippen LogP contribution in [0.3, 0.4) is 0 Å². The molecule has 1 aromatic heterocycles. The number of rotatable bonds is 7. The molecule has 9 heteroatoms. The maximum atomic E-state index is 12.6. The van der Waals surface area contributed by atoms with Crippen molar-refractivity contribution in [1.29, 1.82) is 0 Å². The SMILES string of the molecule is CC(C)(C)OC(=O)CCNC(=O)c1cccc(-c2cn3c(n2)CC(CNC(=O)OC(C)(C)C)CC3)c1. The lowest BCUT2D eigenvalue weighted by Crippen LogP contribution is -2.37. The van der Waals surface area contributed by atoms with Crippen LogP contribution in [0.2, 0.25) is 0 Å². The second kappa shape index (κ2) is 11.1. The van der Waals surface area contributed by atoms with E-state index in [4.69, 9.17) is 14.5 Å². The van der Waals surface area contributed by atoms with Crippen LogP contribution < -0.4 is 10.6 Å². The lowest BCUT2D eigenvalue weighted by molar-refractivity contribution is -0.154. The van der Waals surface area contributed by atoms with Gasteiger partial charge in [-0.2, -0.15) is 0 Å². The van der Waals surface area contributed by atoms with Gasteiger partial charge in [-0.25, -0.2) is 9.78 Å². The lowest BCUT2D eigenvalue weighted by atomic mass is 9.98. The molecule has 2 amide bonds. The summed E-state index contributed by atoms with van der Waals surface area (Å²) in [6.45, 7) is 12.5. The van der Waals surface area contributed by atoms with Crippen LogP contribution in [0.5, 0.6) is 0 Å². The number of fused-ring (bicyclic) bond motifs is 1. The fraction of sp³-hybridized carbons (Fsp3) is 0.556. The fourth-order valence-corrected chi connectivity index (χ4v) is 3.94. The van der Waals surface area contributed by atoms with Gasteiger partial charge in [-0.05, 0) is 66.0 Å². The monoisotopic (exact) mass is 498 g/mol.